The highest BCUT2D eigenvalue weighted by atomic mass is 35.5. The van der Waals surface area contributed by atoms with E-state index in [4.69, 9.17) is 0 Å². The second-order valence-corrected chi connectivity index (χ2v) is 4.18. The zero-order chi connectivity index (χ0) is 10.8. The van der Waals surface area contributed by atoms with Crippen molar-refractivity contribution in [2.24, 2.45) is 0 Å². The molecule has 1 aliphatic rings. The Morgan fingerprint density at radius 3 is 2.81 bits per heavy atom. The minimum absolute atomic E-state index is 0. The Hall–Kier alpha value is -0.800. The van der Waals surface area contributed by atoms with E-state index >= 15 is 0 Å². The van der Waals surface area contributed by atoms with Crippen LogP contribution in [0.25, 0.3) is 0 Å². The summed E-state index contributed by atoms with van der Waals surface area (Å²) in [6.07, 6.45) is 0. The van der Waals surface area contributed by atoms with Gasteiger partial charge < -0.3 is 10.2 Å². The molecule has 1 aromatic carbocycles. The predicted octanol–water partition coefficient (Wildman–Crippen LogP) is 2.35. The minimum Gasteiger partial charge on any atom is -0.366 e. The lowest BCUT2D eigenvalue weighted by atomic mass is 10.1. The lowest BCUT2D eigenvalue weighted by Crippen LogP contribution is -2.50. The molecule has 0 aliphatic carbocycles. The molecule has 16 heavy (non-hydrogen) atoms. The van der Waals surface area contributed by atoms with E-state index in [0.717, 1.165) is 30.9 Å². The SMILES string of the molecule is Cc1cc(F)ccc1N1CCNCC1C.Cl. The fourth-order valence-corrected chi connectivity index (χ4v) is 2.14. The van der Waals surface area contributed by atoms with Crippen molar-refractivity contribution >= 4 is 18.1 Å². The van der Waals surface area contributed by atoms with Gasteiger partial charge in [-0.3, -0.25) is 0 Å². The van der Waals surface area contributed by atoms with Crippen LogP contribution in [-0.4, -0.2) is 25.7 Å². The Balaban J connectivity index is 0.00000128. The van der Waals surface area contributed by atoms with Crippen molar-refractivity contribution < 1.29 is 4.39 Å². The lowest BCUT2D eigenvalue weighted by molar-refractivity contribution is 0.499. The van der Waals surface area contributed by atoms with Gasteiger partial charge in [0.15, 0.2) is 0 Å². The van der Waals surface area contributed by atoms with Crippen molar-refractivity contribution in [2.75, 3.05) is 24.5 Å². The molecule has 1 aliphatic heterocycles. The van der Waals surface area contributed by atoms with Crippen molar-refractivity contribution in [2.45, 2.75) is 19.9 Å². The number of rotatable bonds is 1. The van der Waals surface area contributed by atoms with Gasteiger partial charge in [-0.05, 0) is 37.6 Å². The first-order valence-electron chi connectivity index (χ1n) is 5.42. The van der Waals surface area contributed by atoms with Crippen molar-refractivity contribution in [1.82, 2.24) is 5.32 Å². The van der Waals surface area contributed by atoms with Crippen LogP contribution in [0.4, 0.5) is 10.1 Å². The summed E-state index contributed by atoms with van der Waals surface area (Å²) in [5.74, 6) is -0.154. The Labute approximate surface area is 102 Å². The molecular formula is C12H18ClFN2. The molecule has 1 fully saturated rings. The molecule has 1 atom stereocenters. The molecule has 1 unspecified atom stereocenters. The third-order valence-electron chi connectivity index (χ3n) is 2.97. The van der Waals surface area contributed by atoms with Crippen LogP contribution in [0.2, 0.25) is 0 Å². The van der Waals surface area contributed by atoms with Crippen LogP contribution in [0.3, 0.4) is 0 Å². The van der Waals surface area contributed by atoms with Gasteiger partial charge in [-0.15, -0.1) is 12.4 Å². The van der Waals surface area contributed by atoms with Gasteiger partial charge in [-0.1, -0.05) is 0 Å². The summed E-state index contributed by atoms with van der Waals surface area (Å²) in [4.78, 5) is 2.34. The minimum atomic E-state index is -0.154. The van der Waals surface area contributed by atoms with E-state index in [0.29, 0.717) is 6.04 Å². The summed E-state index contributed by atoms with van der Waals surface area (Å²) in [6, 6.07) is 5.50. The van der Waals surface area contributed by atoms with Gasteiger partial charge in [0.05, 0.1) is 0 Å². The highest BCUT2D eigenvalue weighted by Gasteiger charge is 2.19. The van der Waals surface area contributed by atoms with Gasteiger partial charge in [-0.25, -0.2) is 4.39 Å². The van der Waals surface area contributed by atoms with Crippen LogP contribution in [0.5, 0.6) is 0 Å². The first-order chi connectivity index (χ1) is 7.18. The number of hydrogen-bond acceptors (Lipinski definition) is 2. The average Bonchev–Trinajstić information content (AvgIpc) is 2.20. The third-order valence-corrected chi connectivity index (χ3v) is 2.97. The number of nitrogens with zero attached hydrogens (tertiary/aromatic N) is 1. The van der Waals surface area contributed by atoms with E-state index in [1.807, 2.05) is 13.0 Å². The van der Waals surface area contributed by atoms with E-state index in [1.165, 1.54) is 6.07 Å². The number of anilines is 1. The van der Waals surface area contributed by atoms with Crippen molar-refractivity contribution in [1.29, 1.82) is 0 Å². The largest absolute Gasteiger partial charge is 0.366 e. The van der Waals surface area contributed by atoms with Gasteiger partial charge in [0.2, 0.25) is 0 Å². The van der Waals surface area contributed by atoms with E-state index in [9.17, 15) is 4.39 Å². The number of nitrogens with one attached hydrogen (secondary N) is 1. The fourth-order valence-electron chi connectivity index (χ4n) is 2.14. The number of benzene rings is 1. The average molecular weight is 245 g/mol. The molecule has 90 valence electrons. The molecule has 1 saturated heterocycles. The molecule has 1 heterocycles. The molecule has 0 saturated carbocycles. The highest BCUT2D eigenvalue weighted by molar-refractivity contribution is 5.85. The zero-order valence-corrected chi connectivity index (χ0v) is 10.5. The molecule has 0 amide bonds. The Morgan fingerprint density at radius 2 is 2.19 bits per heavy atom. The fraction of sp³-hybridized carbons (Fsp3) is 0.500. The highest BCUT2D eigenvalue weighted by Crippen LogP contribution is 2.23. The predicted molar refractivity (Wildman–Crippen MR) is 68.1 cm³/mol. The maximum atomic E-state index is 13.0. The molecule has 0 bridgehead atoms. The van der Waals surface area contributed by atoms with Gasteiger partial charge >= 0.3 is 0 Å². The molecule has 0 aromatic heterocycles. The zero-order valence-electron chi connectivity index (χ0n) is 9.66. The Kier molecular flexibility index (Phi) is 4.56. The molecule has 4 heteroatoms. The van der Waals surface area contributed by atoms with E-state index in [-0.39, 0.29) is 18.2 Å². The maximum Gasteiger partial charge on any atom is 0.123 e. The normalized spacial score (nSPS) is 20.4. The van der Waals surface area contributed by atoms with E-state index in [1.54, 1.807) is 6.07 Å². The molecular weight excluding hydrogens is 227 g/mol. The van der Waals surface area contributed by atoms with Crippen molar-refractivity contribution in [3.05, 3.63) is 29.6 Å². The molecule has 0 radical (unpaired) electrons. The monoisotopic (exact) mass is 244 g/mol. The second kappa shape index (κ2) is 5.51. The summed E-state index contributed by atoms with van der Waals surface area (Å²) < 4.78 is 13.0. The number of halogens is 2. The Bertz CT molecular complexity index is 357. The van der Waals surface area contributed by atoms with E-state index in [2.05, 4.69) is 17.1 Å². The van der Waals surface area contributed by atoms with Crippen molar-refractivity contribution in [3.8, 4) is 0 Å². The first-order valence-corrected chi connectivity index (χ1v) is 5.42. The van der Waals surface area contributed by atoms with E-state index < -0.39 is 0 Å². The number of hydrogen-bond donors (Lipinski definition) is 1. The van der Waals surface area contributed by atoms with Crippen LogP contribution in [-0.2, 0) is 0 Å². The van der Waals surface area contributed by atoms with Gasteiger partial charge in [-0.2, -0.15) is 0 Å². The van der Waals surface area contributed by atoms with Crippen molar-refractivity contribution in [3.63, 3.8) is 0 Å². The number of aryl methyl sites for hydroxylation is 1. The lowest BCUT2D eigenvalue weighted by Gasteiger charge is -2.36. The molecule has 0 spiro atoms. The summed E-state index contributed by atoms with van der Waals surface area (Å²) in [7, 11) is 0. The maximum absolute atomic E-state index is 13.0. The van der Waals surface area contributed by atoms with Crippen LogP contribution < -0.4 is 10.2 Å². The molecule has 1 N–H and O–H groups in total. The molecule has 2 nitrogen and oxygen atoms in total. The molecule has 2 rings (SSSR count). The Morgan fingerprint density at radius 1 is 1.44 bits per heavy atom. The van der Waals surface area contributed by atoms with Crippen LogP contribution in [0.1, 0.15) is 12.5 Å². The summed E-state index contributed by atoms with van der Waals surface area (Å²) in [5, 5.41) is 3.35. The van der Waals surface area contributed by atoms with Crippen LogP contribution in [0, 0.1) is 12.7 Å². The summed E-state index contributed by atoms with van der Waals surface area (Å²) >= 11 is 0. The summed E-state index contributed by atoms with van der Waals surface area (Å²) in [6.45, 7) is 7.15. The van der Waals surface area contributed by atoms with Crippen LogP contribution >= 0.6 is 12.4 Å². The quantitative estimate of drug-likeness (QED) is 0.816. The second-order valence-electron chi connectivity index (χ2n) is 4.18. The van der Waals surface area contributed by atoms with Gasteiger partial charge in [0.25, 0.3) is 0 Å². The van der Waals surface area contributed by atoms with Gasteiger partial charge in [0.1, 0.15) is 5.82 Å². The van der Waals surface area contributed by atoms with Crippen LogP contribution in [0.15, 0.2) is 18.2 Å². The van der Waals surface area contributed by atoms with Gasteiger partial charge in [0, 0.05) is 31.4 Å². The topological polar surface area (TPSA) is 15.3 Å². The number of piperazine rings is 1. The molecule has 1 aromatic rings. The standard InChI is InChI=1S/C12H17FN2.ClH/c1-9-7-11(13)3-4-12(9)15-6-5-14-8-10(15)2;/h3-4,7,10,14H,5-6,8H2,1-2H3;1H. The summed E-state index contributed by atoms with van der Waals surface area (Å²) in [5.41, 5.74) is 2.18. The third kappa shape index (κ3) is 2.66. The smallest absolute Gasteiger partial charge is 0.123 e. The first kappa shape index (κ1) is 13.3.